The van der Waals surface area contributed by atoms with Crippen LogP contribution in [0.3, 0.4) is 0 Å². The third-order valence-corrected chi connectivity index (χ3v) is 5.12. The molecule has 142 valence electrons. The highest BCUT2D eigenvalue weighted by atomic mass is 16.2. The maximum atomic E-state index is 13.0. The zero-order valence-corrected chi connectivity index (χ0v) is 16.3. The number of carbonyl (C=O) groups is 1. The van der Waals surface area contributed by atoms with E-state index >= 15 is 0 Å². The molecule has 7 heteroatoms. The van der Waals surface area contributed by atoms with Gasteiger partial charge in [0.15, 0.2) is 0 Å². The molecule has 1 aliphatic rings. The van der Waals surface area contributed by atoms with Crippen molar-refractivity contribution in [2.45, 2.75) is 45.1 Å². The summed E-state index contributed by atoms with van der Waals surface area (Å²) in [7, 11) is 1.85. The Morgan fingerprint density at radius 1 is 1.30 bits per heavy atom. The fourth-order valence-corrected chi connectivity index (χ4v) is 3.56. The van der Waals surface area contributed by atoms with E-state index in [9.17, 15) is 4.79 Å². The topological polar surface area (TPSA) is 78.8 Å². The minimum Gasteiger partial charge on any atom is -0.340 e. The minimum absolute atomic E-state index is 0.0345. The molecule has 1 saturated heterocycles. The lowest BCUT2D eigenvalue weighted by Crippen LogP contribution is -2.35. The molecule has 0 unspecified atom stereocenters. The van der Waals surface area contributed by atoms with Crippen molar-refractivity contribution in [3.05, 3.63) is 41.9 Å². The van der Waals surface area contributed by atoms with Gasteiger partial charge in [-0.1, -0.05) is 32.9 Å². The molecule has 0 radical (unpaired) electrons. The van der Waals surface area contributed by atoms with E-state index in [2.05, 4.69) is 36.2 Å². The number of anilines is 1. The van der Waals surface area contributed by atoms with Crippen molar-refractivity contribution in [1.29, 1.82) is 0 Å². The normalized spacial score (nSPS) is 17.6. The van der Waals surface area contributed by atoms with Gasteiger partial charge in [0.1, 0.15) is 11.6 Å². The Morgan fingerprint density at radius 3 is 2.78 bits per heavy atom. The molecule has 0 bridgehead atoms. The number of nitrogens with zero attached hydrogens (tertiary/aromatic N) is 4. The van der Waals surface area contributed by atoms with E-state index in [4.69, 9.17) is 4.98 Å². The van der Waals surface area contributed by atoms with E-state index in [-0.39, 0.29) is 17.5 Å². The molecule has 3 aromatic rings. The molecule has 1 fully saturated rings. The number of para-hydroxylation sites is 2. The maximum absolute atomic E-state index is 13.0. The van der Waals surface area contributed by atoms with E-state index in [1.807, 2.05) is 42.3 Å². The van der Waals surface area contributed by atoms with Crippen molar-refractivity contribution in [1.82, 2.24) is 24.6 Å². The average molecular weight is 366 g/mol. The van der Waals surface area contributed by atoms with Crippen LogP contribution in [0.1, 0.15) is 51.2 Å². The fourth-order valence-electron chi connectivity index (χ4n) is 3.56. The molecule has 0 aliphatic carbocycles. The Morgan fingerprint density at radius 2 is 2.07 bits per heavy atom. The number of amides is 2. The lowest BCUT2D eigenvalue weighted by molar-refractivity contribution is 0.205. The van der Waals surface area contributed by atoms with Crippen LogP contribution in [-0.2, 0) is 12.5 Å². The standard InChI is InChI=1S/C20H26N6O/c1-20(2,3)16-12-17(25(4)24-16)23-19(27)26-11-7-10-15(26)18-21-13-8-5-6-9-14(13)22-18/h5-6,8-9,12,15H,7,10-11H2,1-4H3,(H,21,22)(H,23,27)/t15-/m0/s1. The van der Waals surface area contributed by atoms with E-state index in [1.54, 1.807) is 4.68 Å². The predicted octanol–water partition coefficient (Wildman–Crippen LogP) is 3.96. The summed E-state index contributed by atoms with van der Waals surface area (Å²) in [5.41, 5.74) is 2.82. The number of carbonyl (C=O) groups excluding carboxylic acids is 1. The molecule has 2 aromatic heterocycles. The number of hydrogen-bond acceptors (Lipinski definition) is 3. The maximum Gasteiger partial charge on any atom is 0.323 e. The molecule has 1 atom stereocenters. The van der Waals surface area contributed by atoms with Gasteiger partial charge in [-0.05, 0) is 25.0 Å². The zero-order valence-electron chi connectivity index (χ0n) is 16.3. The number of fused-ring (bicyclic) bond motifs is 1. The van der Waals surface area contributed by atoms with Crippen LogP contribution < -0.4 is 5.32 Å². The van der Waals surface area contributed by atoms with Crippen molar-refractivity contribution < 1.29 is 4.79 Å². The van der Waals surface area contributed by atoms with Gasteiger partial charge in [0.25, 0.3) is 0 Å². The number of H-pyrrole nitrogens is 1. The molecular weight excluding hydrogens is 340 g/mol. The summed E-state index contributed by atoms with van der Waals surface area (Å²) in [5, 5.41) is 7.56. The van der Waals surface area contributed by atoms with Crippen LogP contribution in [0.2, 0.25) is 0 Å². The number of aryl methyl sites for hydroxylation is 1. The second-order valence-corrected chi connectivity index (χ2v) is 8.21. The highest BCUT2D eigenvalue weighted by Gasteiger charge is 2.33. The second kappa shape index (κ2) is 6.40. The highest BCUT2D eigenvalue weighted by molar-refractivity contribution is 5.89. The summed E-state index contributed by atoms with van der Waals surface area (Å²) >= 11 is 0. The molecular formula is C20H26N6O. The lowest BCUT2D eigenvalue weighted by Gasteiger charge is -2.23. The Labute approximate surface area is 158 Å². The smallest absolute Gasteiger partial charge is 0.323 e. The van der Waals surface area contributed by atoms with Crippen LogP contribution >= 0.6 is 0 Å². The summed E-state index contributed by atoms with van der Waals surface area (Å²) in [5.74, 6) is 1.56. The summed E-state index contributed by atoms with van der Waals surface area (Å²) in [6.07, 6.45) is 1.87. The molecule has 2 N–H and O–H groups in total. The van der Waals surface area contributed by atoms with Gasteiger partial charge in [-0.2, -0.15) is 5.10 Å². The lowest BCUT2D eigenvalue weighted by atomic mass is 9.92. The number of benzene rings is 1. The molecule has 0 saturated carbocycles. The van der Waals surface area contributed by atoms with Gasteiger partial charge in [0.2, 0.25) is 0 Å². The molecule has 1 aliphatic heterocycles. The van der Waals surface area contributed by atoms with Crippen molar-refractivity contribution in [3.63, 3.8) is 0 Å². The van der Waals surface area contributed by atoms with Gasteiger partial charge in [0, 0.05) is 25.1 Å². The first-order valence-electron chi connectivity index (χ1n) is 9.40. The van der Waals surface area contributed by atoms with Crippen LogP contribution in [0.4, 0.5) is 10.6 Å². The Balaban J connectivity index is 1.55. The number of aromatic nitrogens is 4. The molecule has 0 spiro atoms. The monoisotopic (exact) mass is 366 g/mol. The summed E-state index contributed by atoms with van der Waals surface area (Å²) in [6.45, 7) is 7.05. The molecule has 3 heterocycles. The van der Waals surface area contributed by atoms with E-state index in [0.717, 1.165) is 41.9 Å². The largest absolute Gasteiger partial charge is 0.340 e. The van der Waals surface area contributed by atoms with E-state index in [0.29, 0.717) is 5.82 Å². The van der Waals surface area contributed by atoms with Crippen LogP contribution in [0, 0.1) is 0 Å². The number of imidazole rings is 1. The van der Waals surface area contributed by atoms with Gasteiger partial charge in [-0.15, -0.1) is 0 Å². The number of urea groups is 1. The minimum atomic E-state index is -0.110. The van der Waals surface area contributed by atoms with Crippen molar-refractivity contribution in [2.24, 2.45) is 7.05 Å². The zero-order chi connectivity index (χ0) is 19.2. The molecule has 4 rings (SSSR count). The van der Waals surface area contributed by atoms with Crippen LogP contribution in [-0.4, -0.2) is 37.2 Å². The number of likely N-dealkylation sites (tertiary alicyclic amines) is 1. The molecule has 2 amide bonds. The quantitative estimate of drug-likeness (QED) is 0.720. The van der Waals surface area contributed by atoms with E-state index in [1.165, 1.54) is 0 Å². The summed E-state index contributed by atoms with van der Waals surface area (Å²) < 4.78 is 1.73. The average Bonchev–Trinajstić information content (AvgIpc) is 3.31. The fraction of sp³-hybridized carbons (Fsp3) is 0.450. The first-order chi connectivity index (χ1) is 12.8. The van der Waals surface area contributed by atoms with Gasteiger partial charge < -0.3 is 9.88 Å². The number of rotatable bonds is 2. The third-order valence-electron chi connectivity index (χ3n) is 5.12. The van der Waals surface area contributed by atoms with Crippen LogP contribution in [0.5, 0.6) is 0 Å². The summed E-state index contributed by atoms with van der Waals surface area (Å²) in [6, 6.07) is 9.76. The molecule has 7 nitrogen and oxygen atoms in total. The first-order valence-corrected chi connectivity index (χ1v) is 9.40. The summed E-state index contributed by atoms with van der Waals surface area (Å²) in [4.78, 5) is 22.9. The van der Waals surface area contributed by atoms with E-state index < -0.39 is 0 Å². The van der Waals surface area contributed by atoms with Gasteiger partial charge in [-0.3, -0.25) is 10.00 Å². The second-order valence-electron chi connectivity index (χ2n) is 8.21. The van der Waals surface area contributed by atoms with Gasteiger partial charge in [0.05, 0.1) is 22.8 Å². The number of hydrogen-bond donors (Lipinski definition) is 2. The Bertz CT molecular complexity index is 947. The highest BCUT2D eigenvalue weighted by Crippen LogP contribution is 2.32. The van der Waals surface area contributed by atoms with Crippen LogP contribution in [0.15, 0.2) is 30.3 Å². The third kappa shape index (κ3) is 3.29. The Hall–Kier alpha value is -2.83. The predicted molar refractivity (Wildman–Crippen MR) is 106 cm³/mol. The van der Waals surface area contributed by atoms with Crippen LogP contribution in [0.25, 0.3) is 11.0 Å². The van der Waals surface area contributed by atoms with Crippen molar-refractivity contribution in [3.8, 4) is 0 Å². The van der Waals surface area contributed by atoms with Crippen molar-refractivity contribution in [2.75, 3.05) is 11.9 Å². The first kappa shape index (κ1) is 17.6. The van der Waals surface area contributed by atoms with Gasteiger partial charge >= 0.3 is 6.03 Å². The SMILES string of the molecule is Cn1nc(C(C)(C)C)cc1NC(=O)N1CCC[C@H]1c1nc2ccccc2[nH]1. The van der Waals surface area contributed by atoms with Crippen molar-refractivity contribution >= 4 is 22.9 Å². The molecule has 1 aromatic carbocycles. The molecule has 27 heavy (non-hydrogen) atoms. The number of aromatic amines is 1. The Kier molecular flexibility index (Phi) is 4.17. The van der Waals surface area contributed by atoms with Gasteiger partial charge in [-0.25, -0.2) is 9.78 Å². The number of nitrogens with one attached hydrogen (secondary N) is 2.